The first-order valence-corrected chi connectivity index (χ1v) is 12.1. The lowest BCUT2D eigenvalue weighted by Crippen LogP contribution is -2.52. The summed E-state index contributed by atoms with van der Waals surface area (Å²) in [4.78, 5) is 15.3. The van der Waals surface area contributed by atoms with Crippen LogP contribution in [0.25, 0.3) is 0 Å². The number of hydrogen-bond acceptors (Lipinski definition) is 5. The molecular formula is C22H24N2O4S2. The number of likely N-dealkylation sites (N-methyl/N-ethyl adjacent to an activating group) is 1. The summed E-state index contributed by atoms with van der Waals surface area (Å²) in [6, 6.07) is 16.7. The van der Waals surface area contributed by atoms with Gasteiger partial charge in [0.1, 0.15) is 9.97 Å². The first kappa shape index (κ1) is 20.8. The van der Waals surface area contributed by atoms with Crippen LogP contribution in [-0.2, 0) is 26.8 Å². The molecule has 0 unspecified atom stereocenters. The summed E-state index contributed by atoms with van der Waals surface area (Å²) in [5, 5.41) is 1.76. The molecule has 0 N–H and O–H groups in total. The first-order chi connectivity index (χ1) is 14.4. The quantitative estimate of drug-likeness (QED) is 0.581. The second kappa shape index (κ2) is 8.37. The molecule has 0 saturated carbocycles. The van der Waals surface area contributed by atoms with Gasteiger partial charge in [0.15, 0.2) is 0 Å². The average Bonchev–Trinajstić information content (AvgIpc) is 3.48. The van der Waals surface area contributed by atoms with Gasteiger partial charge in [0.25, 0.3) is 10.0 Å². The fraction of sp³-hybridized carbons (Fsp3) is 0.318. The van der Waals surface area contributed by atoms with Gasteiger partial charge in [-0.05, 0) is 42.0 Å². The molecule has 158 valence electrons. The summed E-state index contributed by atoms with van der Waals surface area (Å²) >= 11 is 1.22. The third-order valence-corrected chi connectivity index (χ3v) is 8.99. The van der Waals surface area contributed by atoms with Crippen molar-refractivity contribution in [2.45, 2.75) is 29.0 Å². The molecule has 1 fully saturated rings. The summed E-state index contributed by atoms with van der Waals surface area (Å²) in [7, 11) is -1.76. The molecule has 3 heterocycles. The Morgan fingerprint density at radius 2 is 1.83 bits per heavy atom. The molecule has 1 aliphatic heterocycles. The van der Waals surface area contributed by atoms with E-state index in [9.17, 15) is 13.2 Å². The monoisotopic (exact) mass is 444 g/mol. The van der Waals surface area contributed by atoms with Gasteiger partial charge in [0.2, 0.25) is 5.91 Å². The van der Waals surface area contributed by atoms with Crippen LogP contribution in [-0.4, -0.2) is 43.7 Å². The summed E-state index contributed by atoms with van der Waals surface area (Å²) in [5.74, 6) is 0.699. The van der Waals surface area contributed by atoms with E-state index < -0.39 is 15.4 Å². The number of benzene rings is 1. The highest BCUT2D eigenvalue weighted by atomic mass is 32.2. The molecular weight excluding hydrogens is 420 g/mol. The molecule has 1 amide bonds. The highest BCUT2D eigenvalue weighted by molar-refractivity contribution is 7.91. The Hall–Kier alpha value is -2.42. The van der Waals surface area contributed by atoms with Crippen molar-refractivity contribution < 1.29 is 17.6 Å². The predicted octanol–water partition coefficient (Wildman–Crippen LogP) is 3.72. The molecule has 30 heavy (non-hydrogen) atoms. The number of piperidine rings is 1. The van der Waals surface area contributed by atoms with Gasteiger partial charge in [-0.1, -0.05) is 36.4 Å². The molecule has 1 aliphatic rings. The molecule has 8 heteroatoms. The predicted molar refractivity (Wildman–Crippen MR) is 116 cm³/mol. The van der Waals surface area contributed by atoms with E-state index in [0.717, 1.165) is 5.56 Å². The van der Waals surface area contributed by atoms with Crippen molar-refractivity contribution in [1.82, 2.24) is 9.21 Å². The fourth-order valence-corrected chi connectivity index (χ4v) is 6.69. The zero-order valence-corrected chi connectivity index (χ0v) is 18.4. The van der Waals surface area contributed by atoms with Crippen molar-refractivity contribution in [2.24, 2.45) is 0 Å². The van der Waals surface area contributed by atoms with Crippen LogP contribution in [0.1, 0.15) is 24.2 Å². The third-order valence-electron chi connectivity index (χ3n) is 5.72. The number of rotatable bonds is 6. The van der Waals surface area contributed by atoms with E-state index in [0.29, 0.717) is 42.4 Å². The normalized spacial score (nSPS) is 17.0. The number of carbonyl (C=O) groups is 1. The largest absolute Gasteiger partial charge is 0.467 e. The molecule has 0 radical (unpaired) electrons. The van der Waals surface area contributed by atoms with Gasteiger partial charge in [-0.3, -0.25) is 4.79 Å². The van der Waals surface area contributed by atoms with E-state index in [1.54, 1.807) is 41.8 Å². The van der Waals surface area contributed by atoms with Crippen LogP contribution < -0.4 is 0 Å². The third kappa shape index (κ3) is 3.82. The van der Waals surface area contributed by atoms with Crippen molar-refractivity contribution in [3.8, 4) is 0 Å². The molecule has 0 aliphatic carbocycles. The van der Waals surface area contributed by atoms with E-state index in [-0.39, 0.29) is 5.91 Å². The first-order valence-electron chi connectivity index (χ1n) is 9.81. The molecule has 2 aromatic heterocycles. The van der Waals surface area contributed by atoms with Crippen LogP contribution in [0, 0.1) is 0 Å². The van der Waals surface area contributed by atoms with Crippen molar-refractivity contribution in [1.29, 1.82) is 0 Å². The highest BCUT2D eigenvalue weighted by Crippen LogP contribution is 2.39. The number of hydrogen-bond donors (Lipinski definition) is 0. The number of thiophene rings is 1. The van der Waals surface area contributed by atoms with Gasteiger partial charge >= 0.3 is 0 Å². The van der Waals surface area contributed by atoms with Gasteiger partial charge < -0.3 is 9.32 Å². The maximum atomic E-state index is 13.7. The molecule has 0 spiro atoms. The summed E-state index contributed by atoms with van der Waals surface area (Å²) in [6.07, 6.45) is 2.46. The summed E-state index contributed by atoms with van der Waals surface area (Å²) in [5.41, 5.74) is 0.166. The van der Waals surface area contributed by atoms with E-state index in [2.05, 4.69) is 0 Å². The van der Waals surface area contributed by atoms with Crippen LogP contribution in [0.3, 0.4) is 0 Å². The second-order valence-corrected chi connectivity index (χ2v) is 10.6. The minimum Gasteiger partial charge on any atom is -0.467 e. The molecule has 1 saturated heterocycles. The molecule has 6 nitrogen and oxygen atoms in total. The van der Waals surface area contributed by atoms with E-state index in [1.165, 1.54) is 15.6 Å². The highest BCUT2D eigenvalue weighted by Gasteiger charge is 2.46. The minimum atomic E-state index is -3.53. The number of carbonyl (C=O) groups excluding carboxylic acids is 1. The van der Waals surface area contributed by atoms with Crippen molar-refractivity contribution in [3.63, 3.8) is 0 Å². The van der Waals surface area contributed by atoms with Gasteiger partial charge in [0, 0.05) is 20.1 Å². The zero-order chi connectivity index (χ0) is 21.2. The number of sulfonamides is 1. The molecule has 0 atom stereocenters. The Bertz CT molecular complexity index is 1070. The van der Waals surface area contributed by atoms with Crippen LogP contribution in [0.15, 0.2) is 74.9 Å². The zero-order valence-electron chi connectivity index (χ0n) is 16.7. The van der Waals surface area contributed by atoms with Gasteiger partial charge in [-0.2, -0.15) is 4.31 Å². The van der Waals surface area contributed by atoms with E-state index in [1.807, 2.05) is 36.4 Å². The van der Waals surface area contributed by atoms with Crippen molar-refractivity contribution in [2.75, 3.05) is 20.1 Å². The lowest BCUT2D eigenvalue weighted by molar-refractivity contribution is -0.138. The van der Waals surface area contributed by atoms with E-state index in [4.69, 9.17) is 4.42 Å². The van der Waals surface area contributed by atoms with Crippen LogP contribution in [0.5, 0.6) is 0 Å². The topological polar surface area (TPSA) is 70.8 Å². The minimum absolute atomic E-state index is 0.0155. The van der Waals surface area contributed by atoms with Crippen LogP contribution in [0.4, 0.5) is 0 Å². The molecule has 4 rings (SSSR count). The maximum absolute atomic E-state index is 13.7. The Labute approximate surface area is 180 Å². The number of nitrogens with zero attached hydrogens (tertiary/aromatic N) is 2. The van der Waals surface area contributed by atoms with Crippen molar-refractivity contribution >= 4 is 27.3 Å². The Morgan fingerprint density at radius 3 is 2.43 bits per heavy atom. The number of furan rings is 1. The standard InChI is InChI=1S/C22H24N2O4S2/c1-23(17-19-9-5-15-28-19)21(25)22(18-7-3-2-4-8-18)11-13-24(14-12-22)30(26,27)20-10-6-16-29-20/h2-10,15-16H,11-14,17H2,1H3. The Morgan fingerprint density at radius 1 is 1.10 bits per heavy atom. The average molecular weight is 445 g/mol. The fourth-order valence-electron chi connectivity index (χ4n) is 4.10. The summed E-state index contributed by atoms with van der Waals surface area (Å²) in [6.45, 7) is 0.975. The smallest absolute Gasteiger partial charge is 0.252 e. The molecule has 3 aromatic rings. The lowest BCUT2D eigenvalue weighted by Gasteiger charge is -2.42. The second-order valence-electron chi connectivity index (χ2n) is 7.52. The van der Waals surface area contributed by atoms with Crippen LogP contribution >= 0.6 is 11.3 Å². The van der Waals surface area contributed by atoms with Crippen LogP contribution in [0.2, 0.25) is 0 Å². The molecule has 1 aromatic carbocycles. The van der Waals surface area contributed by atoms with Gasteiger partial charge in [-0.15, -0.1) is 11.3 Å². The lowest BCUT2D eigenvalue weighted by atomic mass is 9.72. The Kier molecular flexibility index (Phi) is 5.81. The molecule has 0 bridgehead atoms. The van der Waals surface area contributed by atoms with E-state index >= 15 is 0 Å². The summed E-state index contributed by atoms with van der Waals surface area (Å²) < 4.78 is 33.1. The number of amides is 1. The van der Waals surface area contributed by atoms with Crippen molar-refractivity contribution in [3.05, 3.63) is 77.6 Å². The Balaban J connectivity index is 1.60. The van der Waals surface area contributed by atoms with Gasteiger partial charge in [0.05, 0.1) is 18.2 Å². The SMILES string of the molecule is CN(Cc1ccco1)C(=O)C1(c2ccccc2)CCN(S(=O)(=O)c2cccs2)CC1. The van der Waals surface area contributed by atoms with Gasteiger partial charge in [-0.25, -0.2) is 8.42 Å². The maximum Gasteiger partial charge on any atom is 0.252 e.